The summed E-state index contributed by atoms with van der Waals surface area (Å²) in [6, 6.07) is 0. The van der Waals surface area contributed by atoms with Gasteiger partial charge in [-0.25, -0.2) is 4.57 Å². The van der Waals surface area contributed by atoms with Crippen LogP contribution in [-0.4, -0.2) is 54.3 Å². The van der Waals surface area contributed by atoms with Crippen molar-refractivity contribution in [3.05, 3.63) is 24.3 Å². The van der Waals surface area contributed by atoms with Gasteiger partial charge in [0, 0.05) is 19.4 Å². The zero-order valence-electron chi connectivity index (χ0n) is 32.8. The van der Waals surface area contributed by atoms with Crippen LogP contribution in [0.4, 0.5) is 0 Å². The number of phosphoric acid groups is 1. The fourth-order valence-electron chi connectivity index (χ4n) is 5.69. The summed E-state index contributed by atoms with van der Waals surface area (Å²) >= 11 is 0. The number of carbonyl (C=O) groups excluding carboxylic acids is 2. The maximum Gasteiger partial charge on any atom is 0.472 e. The number of allylic oxidation sites excluding steroid dienone is 4. The van der Waals surface area contributed by atoms with E-state index in [0.717, 1.165) is 64.2 Å². The number of aliphatic hydroxyl groups excluding tert-OH is 1. The molecule has 0 saturated carbocycles. The second-order valence-electron chi connectivity index (χ2n) is 14.0. The van der Waals surface area contributed by atoms with E-state index < -0.39 is 26.5 Å². The third-order valence-electron chi connectivity index (χ3n) is 8.88. The van der Waals surface area contributed by atoms with Crippen molar-refractivity contribution in [2.75, 3.05) is 26.4 Å². The molecule has 1 amide bonds. The standard InChI is InChI=1S/C41H78NO8P/c1-3-5-7-9-11-13-15-17-19-20-21-23-25-27-29-31-33-40(44)42-35-36-49-51(46,47)50-38-39(43)37-48-41(45)34-32-30-28-26-24-22-18-16-14-12-10-8-6-4-2/h10,12,16,18,39,43H,3-9,11,13-15,17,19-38H2,1-2H3,(H,42,44)(H,46,47)/b12-10-,18-16-. The van der Waals surface area contributed by atoms with E-state index in [-0.39, 0.29) is 32.1 Å². The van der Waals surface area contributed by atoms with Crippen LogP contribution in [0, 0.1) is 0 Å². The van der Waals surface area contributed by atoms with E-state index >= 15 is 0 Å². The molecule has 0 aromatic rings. The molecule has 0 aliphatic rings. The first-order chi connectivity index (χ1) is 24.8. The summed E-state index contributed by atoms with van der Waals surface area (Å²) in [5.41, 5.74) is 0. The third kappa shape index (κ3) is 39.5. The van der Waals surface area contributed by atoms with Crippen LogP contribution in [0.15, 0.2) is 24.3 Å². The lowest BCUT2D eigenvalue weighted by Crippen LogP contribution is -2.27. The molecule has 0 aromatic heterocycles. The van der Waals surface area contributed by atoms with Crippen LogP contribution >= 0.6 is 7.82 Å². The zero-order valence-corrected chi connectivity index (χ0v) is 33.7. The lowest BCUT2D eigenvalue weighted by molar-refractivity contribution is -0.147. The van der Waals surface area contributed by atoms with Crippen molar-refractivity contribution in [3.8, 4) is 0 Å². The van der Waals surface area contributed by atoms with Crippen molar-refractivity contribution >= 4 is 19.7 Å². The minimum absolute atomic E-state index is 0.0832. The van der Waals surface area contributed by atoms with Gasteiger partial charge in [0.05, 0.1) is 13.2 Å². The molecule has 0 bridgehead atoms. The fraction of sp³-hybridized carbons (Fsp3) is 0.854. The molecule has 2 unspecified atom stereocenters. The Balaban J connectivity index is 3.60. The second kappa shape index (κ2) is 38.2. The normalized spacial score (nSPS) is 13.6. The first-order valence-corrected chi connectivity index (χ1v) is 22.3. The van der Waals surface area contributed by atoms with Crippen molar-refractivity contribution in [2.45, 2.75) is 200 Å². The van der Waals surface area contributed by atoms with E-state index in [1.165, 1.54) is 103 Å². The number of unbranched alkanes of at least 4 members (excludes halogenated alkanes) is 22. The average molecular weight is 744 g/mol. The molecule has 9 nitrogen and oxygen atoms in total. The van der Waals surface area contributed by atoms with E-state index in [2.05, 4.69) is 43.5 Å². The molecule has 0 fully saturated rings. The molecule has 0 aliphatic heterocycles. The largest absolute Gasteiger partial charge is 0.472 e. The molecule has 0 aliphatic carbocycles. The van der Waals surface area contributed by atoms with Crippen LogP contribution in [0.1, 0.15) is 194 Å². The number of amides is 1. The molecular formula is C41H78NO8P. The average Bonchev–Trinajstić information content (AvgIpc) is 3.11. The molecule has 0 heterocycles. The van der Waals surface area contributed by atoms with Crippen molar-refractivity contribution < 1.29 is 37.9 Å². The van der Waals surface area contributed by atoms with Crippen LogP contribution < -0.4 is 5.32 Å². The Kier molecular flexibility index (Phi) is 37.1. The number of ether oxygens (including phenoxy) is 1. The Morgan fingerprint density at radius 3 is 1.63 bits per heavy atom. The highest BCUT2D eigenvalue weighted by molar-refractivity contribution is 7.47. The monoisotopic (exact) mass is 744 g/mol. The van der Waals surface area contributed by atoms with Gasteiger partial charge >= 0.3 is 13.8 Å². The minimum atomic E-state index is -4.41. The van der Waals surface area contributed by atoms with Crippen LogP contribution in [0.25, 0.3) is 0 Å². The van der Waals surface area contributed by atoms with Crippen molar-refractivity contribution in [1.82, 2.24) is 5.32 Å². The Bertz CT molecular complexity index is 897. The molecule has 300 valence electrons. The van der Waals surface area contributed by atoms with Gasteiger partial charge in [0.25, 0.3) is 0 Å². The Hall–Kier alpha value is -1.51. The van der Waals surface area contributed by atoms with Gasteiger partial charge in [-0.15, -0.1) is 0 Å². The Morgan fingerprint density at radius 2 is 1.08 bits per heavy atom. The molecule has 0 rings (SSSR count). The molecule has 10 heteroatoms. The quantitative estimate of drug-likeness (QED) is 0.0245. The number of hydrogen-bond donors (Lipinski definition) is 3. The third-order valence-corrected chi connectivity index (χ3v) is 9.87. The fourth-order valence-corrected chi connectivity index (χ4v) is 6.45. The van der Waals surface area contributed by atoms with Crippen molar-refractivity contribution in [1.29, 1.82) is 0 Å². The van der Waals surface area contributed by atoms with Crippen molar-refractivity contribution in [2.24, 2.45) is 0 Å². The number of carbonyl (C=O) groups is 2. The first-order valence-electron chi connectivity index (χ1n) is 20.8. The van der Waals surface area contributed by atoms with Crippen LogP contribution in [-0.2, 0) is 27.9 Å². The van der Waals surface area contributed by atoms with Gasteiger partial charge < -0.3 is 20.1 Å². The van der Waals surface area contributed by atoms with E-state index in [9.17, 15) is 24.2 Å². The van der Waals surface area contributed by atoms with Crippen LogP contribution in [0.5, 0.6) is 0 Å². The molecular weight excluding hydrogens is 665 g/mol. The van der Waals surface area contributed by atoms with Gasteiger partial charge in [-0.05, 0) is 38.5 Å². The predicted octanol–water partition coefficient (Wildman–Crippen LogP) is 11.2. The molecule has 2 atom stereocenters. The molecule has 0 aromatic carbocycles. The van der Waals surface area contributed by atoms with Gasteiger partial charge in [-0.3, -0.25) is 18.6 Å². The predicted molar refractivity (Wildman–Crippen MR) is 211 cm³/mol. The number of esters is 1. The lowest BCUT2D eigenvalue weighted by atomic mass is 10.0. The number of phosphoric ester groups is 1. The lowest BCUT2D eigenvalue weighted by Gasteiger charge is -2.15. The van der Waals surface area contributed by atoms with E-state index in [1.807, 2.05) is 0 Å². The summed E-state index contributed by atoms with van der Waals surface area (Å²) in [5, 5.41) is 12.7. The summed E-state index contributed by atoms with van der Waals surface area (Å²) in [5.74, 6) is -0.526. The van der Waals surface area contributed by atoms with Gasteiger partial charge in [-0.2, -0.15) is 0 Å². The maximum atomic E-state index is 12.1. The van der Waals surface area contributed by atoms with E-state index in [1.54, 1.807) is 0 Å². The summed E-state index contributed by atoms with van der Waals surface area (Å²) < 4.78 is 26.8. The first kappa shape index (κ1) is 49.5. The molecule has 0 saturated heterocycles. The van der Waals surface area contributed by atoms with Gasteiger partial charge in [-0.1, -0.05) is 167 Å². The van der Waals surface area contributed by atoms with E-state index in [4.69, 9.17) is 13.8 Å². The van der Waals surface area contributed by atoms with Gasteiger partial charge in [0.1, 0.15) is 12.7 Å². The van der Waals surface area contributed by atoms with Crippen LogP contribution in [0.2, 0.25) is 0 Å². The molecule has 0 radical (unpaired) electrons. The van der Waals surface area contributed by atoms with Gasteiger partial charge in [0.2, 0.25) is 5.91 Å². The Morgan fingerprint density at radius 1 is 0.608 bits per heavy atom. The molecule has 0 spiro atoms. The molecule has 51 heavy (non-hydrogen) atoms. The van der Waals surface area contributed by atoms with E-state index in [0.29, 0.717) is 6.42 Å². The van der Waals surface area contributed by atoms with Crippen LogP contribution in [0.3, 0.4) is 0 Å². The highest BCUT2D eigenvalue weighted by atomic mass is 31.2. The number of rotatable bonds is 39. The number of nitrogens with one attached hydrogen (secondary N) is 1. The van der Waals surface area contributed by atoms with Gasteiger partial charge in [0.15, 0.2) is 0 Å². The summed E-state index contributed by atoms with van der Waals surface area (Å²) in [4.78, 5) is 33.8. The highest BCUT2D eigenvalue weighted by Gasteiger charge is 2.23. The smallest absolute Gasteiger partial charge is 0.463 e. The summed E-state index contributed by atoms with van der Waals surface area (Å²) in [6.45, 7) is 3.51. The maximum absolute atomic E-state index is 12.1. The SMILES string of the molecule is CCCC/C=C\C/C=C\CCCCCCCC(=O)OCC(O)COP(=O)(O)OCCNC(=O)CCCCCCCCCCCCCCCCCC. The summed E-state index contributed by atoms with van der Waals surface area (Å²) in [7, 11) is -4.41. The number of aliphatic hydroxyl groups is 1. The number of hydrogen-bond acceptors (Lipinski definition) is 7. The minimum Gasteiger partial charge on any atom is -0.463 e. The molecule has 3 N–H and O–H groups in total. The Labute approximate surface area is 312 Å². The highest BCUT2D eigenvalue weighted by Crippen LogP contribution is 2.42. The topological polar surface area (TPSA) is 131 Å². The second-order valence-corrected chi connectivity index (χ2v) is 15.4. The summed E-state index contributed by atoms with van der Waals surface area (Å²) in [6.07, 6.45) is 39.6. The van der Waals surface area contributed by atoms with Crippen molar-refractivity contribution in [3.63, 3.8) is 0 Å². The zero-order chi connectivity index (χ0) is 37.5.